The zero-order chi connectivity index (χ0) is 18.1. The molecule has 0 aliphatic heterocycles. The quantitative estimate of drug-likeness (QED) is 0.808. The van der Waals surface area contributed by atoms with Gasteiger partial charge in [-0.2, -0.15) is 0 Å². The number of nitrogens with zero attached hydrogens (tertiary/aromatic N) is 2. The normalized spacial score (nSPS) is 10.2. The van der Waals surface area contributed by atoms with E-state index in [1.165, 1.54) is 6.20 Å². The summed E-state index contributed by atoms with van der Waals surface area (Å²) in [6.07, 6.45) is 0.583. The lowest BCUT2D eigenvalue weighted by Gasteiger charge is -2.20. The summed E-state index contributed by atoms with van der Waals surface area (Å²) in [5.41, 5.74) is 3.38. The topological polar surface area (TPSA) is 93.9 Å². The zero-order valence-electron chi connectivity index (χ0n) is 14.2. The molecule has 8 heteroatoms. The van der Waals surface area contributed by atoms with Crippen LogP contribution >= 0.6 is 0 Å². The molecule has 0 aliphatic carbocycles. The molecule has 25 heavy (non-hydrogen) atoms. The van der Waals surface area contributed by atoms with E-state index in [0.717, 1.165) is 10.6 Å². The molecule has 0 spiro atoms. The summed E-state index contributed by atoms with van der Waals surface area (Å²) in [7, 11) is 0. The van der Waals surface area contributed by atoms with Crippen molar-refractivity contribution in [1.29, 1.82) is 0 Å². The molecule has 2 aromatic rings. The molecule has 0 saturated carbocycles. The van der Waals surface area contributed by atoms with Gasteiger partial charge in [-0.1, -0.05) is 30.3 Å². The third-order valence-corrected chi connectivity index (χ3v) is 3.10. The van der Waals surface area contributed by atoms with Crippen LogP contribution in [0.2, 0.25) is 0 Å². The maximum absolute atomic E-state index is 12.0. The highest BCUT2D eigenvalue weighted by Gasteiger charge is 2.20. The van der Waals surface area contributed by atoms with Gasteiger partial charge in [0, 0.05) is 6.42 Å². The van der Waals surface area contributed by atoms with Crippen molar-refractivity contribution < 1.29 is 23.5 Å². The SMILES string of the molecule is CCOC(=O)NN(Cc1cnc(Cc2ccccc2)o1)C(=O)OCC. The molecule has 0 bridgehead atoms. The number of hydrogen-bond donors (Lipinski definition) is 1. The molecular weight excluding hydrogens is 326 g/mol. The number of carbonyl (C=O) groups excluding carboxylic acids is 2. The van der Waals surface area contributed by atoms with Crippen LogP contribution in [0.5, 0.6) is 0 Å². The number of rotatable bonds is 6. The fourth-order valence-electron chi connectivity index (χ4n) is 2.05. The minimum Gasteiger partial charge on any atom is -0.449 e. The first-order valence-electron chi connectivity index (χ1n) is 7.97. The van der Waals surface area contributed by atoms with Crippen molar-refractivity contribution in [3.63, 3.8) is 0 Å². The molecule has 8 nitrogen and oxygen atoms in total. The van der Waals surface area contributed by atoms with Crippen molar-refractivity contribution in [3.8, 4) is 0 Å². The Morgan fingerprint density at radius 3 is 2.56 bits per heavy atom. The smallest absolute Gasteiger partial charge is 0.429 e. The predicted molar refractivity (Wildman–Crippen MR) is 88.5 cm³/mol. The summed E-state index contributed by atoms with van der Waals surface area (Å²) < 4.78 is 15.3. The Labute approximate surface area is 145 Å². The van der Waals surface area contributed by atoms with Crippen LogP contribution in [0.25, 0.3) is 0 Å². The second-order valence-electron chi connectivity index (χ2n) is 5.00. The number of carbonyl (C=O) groups is 2. The molecule has 2 amide bonds. The van der Waals surface area contributed by atoms with Gasteiger partial charge in [0.15, 0.2) is 5.89 Å². The van der Waals surface area contributed by atoms with Gasteiger partial charge < -0.3 is 13.9 Å². The molecule has 0 saturated heterocycles. The monoisotopic (exact) mass is 347 g/mol. The molecule has 1 N–H and O–H groups in total. The van der Waals surface area contributed by atoms with Crippen molar-refractivity contribution in [2.45, 2.75) is 26.8 Å². The van der Waals surface area contributed by atoms with Gasteiger partial charge in [-0.05, 0) is 19.4 Å². The molecule has 1 aromatic carbocycles. The van der Waals surface area contributed by atoms with Gasteiger partial charge in [0.25, 0.3) is 0 Å². The third kappa shape index (κ3) is 5.83. The first-order valence-corrected chi connectivity index (χ1v) is 7.97. The van der Waals surface area contributed by atoms with E-state index in [1.54, 1.807) is 13.8 Å². The summed E-state index contributed by atoms with van der Waals surface area (Å²) in [5.74, 6) is 0.928. The largest absolute Gasteiger partial charge is 0.449 e. The van der Waals surface area contributed by atoms with Gasteiger partial charge in [0.2, 0.25) is 0 Å². The molecule has 0 radical (unpaired) electrons. The number of ether oxygens (including phenoxy) is 2. The lowest BCUT2D eigenvalue weighted by molar-refractivity contribution is 0.0682. The van der Waals surface area contributed by atoms with Crippen LogP contribution in [0.15, 0.2) is 40.9 Å². The van der Waals surface area contributed by atoms with Crippen LogP contribution in [0.3, 0.4) is 0 Å². The molecule has 0 fully saturated rings. The number of hydrogen-bond acceptors (Lipinski definition) is 6. The van der Waals surface area contributed by atoms with E-state index in [9.17, 15) is 9.59 Å². The number of nitrogens with one attached hydrogen (secondary N) is 1. The molecule has 134 valence electrons. The summed E-state index contributed by atoms with van der Waals surface area (Å²) in [6, 6.07) is 9.74. The molecule has 0 atom stereocenters. The van der Waals surface area contributed by atoms with Gasteiger partial charge in [-0.3, -0.25) is 0 Å². The summed E-state index contributed by atoms with van der Waals surface area (Å²) in [5, 5.41) is 0.980. The Bertz CT molecular complexity index is 687. The fourth-order valence-corrected chi connectivity index (χ4v) is 2.05. The Balaban J connectivity index is 2.02. The molecule has 0 aliphatic rings. The van der Waals surface area contributed by atoms with Crippen molar-refractivity contribution >= 4 is 12.2 Å². The number of oxazole rings is 1. The van der Waals surface area contributed by atoms with Crippen molar-refractivity contribution in [2.24, 2.45) is 0 Å². The Morgan fingerprint density at radius 2 is 1.88 bits per heavy atom. The molecule has 1 heterocycles. The third-order valence-electron chi connectivity index (χ3n) is 3.10. The summed E-state index contributed by atoms with van der Waals surface area (Å²) in [4.78, 5) is 27.7. The second kappa shape index (κ2) is 9.31. The first-order chi connectivity index (χ1) is 12.1. The maximum Gasteiger partial charge on any atom is 0.429 e. The van der Waals surface area contributed by atoms with Crippen LogP contribution < -0.4 is 5.43 Å². The highest BCUT2D eigenvalue weighted by molar-refractivity contribution is 5.73. The zero-order valence-corrected chi connectivity index (χ0v) is 14.2. The Kier molecular flexibility index (Phi) is 6.82. The van der Waals surface area contributed by atoms with E-state index in [4.69, 9.17) is 13.9 Å². The van der Waals surface area contributed by atoms with E-state index in [0.29, 0.717) is 18.1 Å². The average molecular weight is 347 g/mol. The minimum atomic E-state index is -0.750. The van der Waals surface area contributed by atoms with Gasteiger partial charge in [0.1, 0.15) is 12.3 Å². The lowest BCUT2D eigenvalue weighted by Crippen LogP contribution is -2.46. The van der Waals surface area contributed by atoms with E-state index >= 15 is 0 Å². The Hall–Kier alpha value is -3.03. The van der Waals surface area contributed by atoms with Gasteiger partial charge in [-0.15, -0.1) is 0 Å². The van der Waals surface area contributed by atoms with Crippen LogP contribution in [-0.4, -0.2) is 35.4 Å². The highest BCUT2D eigenvalue weighted by atomic mass is 16.6. The number of hydrazine groups is 1. The maximum atomic E-state index is 12.0. The predicted octanol–water partition coefficient (Wildman–Crippen LogP) is 2.89. The van der Waals surface area contributed by atoms with E-state index in [1.807, 2.05) is 30.3 Å². The standard InChI is InChI=1S/C17H21N3O5/c1-3-23-16(21)19-20(17(22)24-4-2)12-14-11-18-15(25-14)10-13-8-6-5-7-9-13/h5-9,11H,3-4,10,12H2,1-2H3,(H,19,21). The van der Waals surface area contributed by atoms with E-state index in [2.05, 4.69) is 10.4 Å². The highest BCUT2D eigenvalue weighted by Crippen LogP contribution is 2.12. The van der Waals surface area contributed by atoms with Crippen LogP contribution in [0.4, 0.5) is 9.59 Å². The summed E-state index contributed by atoms with van der Waals surface area (Å²) in [6.45, 7) is 3.68. The molecule has 1 aromatic heterocycles. The van der Waals surface area contributed by atoms with Crippen molar-refractivity contribution in [3.05, 3.63) is 53.7 Å². The van der Waals surface area contributed by atoms with Gasteiger partial charge in [-0.25, -0.2) is 25.0 Å². The van der Waals surface area contributed by atoms with Crippen LogP contribution in [-0.2, 0) is 22.4 Å². The number of benzene rings is 1. The molecular formula is C17H21N3O5. The minimum absolute atomic E-state index is 0.0283. The lowest BCUT2D eigenvalue weighted by atomic mass is 10.2. The van der Waals surface area contributed by atoms with Gasteiger partial charge in [0.05, 0.1) is 19.4 Å². The number of aromatic nitrogens is 1. The van der Waals surface area contributed by atoms with Crippen LogP contribution in [0, 0.1) is 0 Å². The van der Waals surface area contributed by atoms with Crippen LogP contribution in [0.1, 0.15) is 31.1 Å². The average Bonchev–Trinajstić information content (AvgIpc) is 3.02. The van der Waals surface area contributed by atoms with Crippen molar-refractivity contribution in [2.75, 3.05) is 13.2 Å². The Morgan fingerprint density at radius 1 is 1.16 bits per heavy atom. The van der Waals surface area contributed by atoms with E-state index < -0.39 is 12.2 Å². The van der Waals surface area contributed by atoms with E-state index in [-0.39, 0.29) is 19.8 Å². The van der Waals surface area contributed by atoms with Crippen molar-refractivity contribution in [1.82, 2.24) is 15.4 Å². The number of amides is 2. The first kappa shape index (κ1) is 18.3. The fraction of sp³-hybridized carbons (Fsp3) is 0.353. The molecule has 2 rings (SSSR count). The van der Waals surface area contributed by atoms with Gasteiger partial charge >= 0.3 is 12.2 Å². The second-order valence-corrected chi connectivity index (χ2v) is 5.00. The summed E-state index contributed by atoms with van der Waals surface area (Å²) >= 11 is 0. The molecule has 0 unspecified atom stereocenters.